The number of benzene rings is 1. The second-order valence-corrected chi connectivity index (χ2v) is 6.32. The van der Waals surface area contributed by atoms with Gasteiger partial charge in [0.25, 0.3) is 0 Å². The molecular weight excluding hydrogens is 302 g/mol. The molecule has 1 unspecified atom stereocenters. The fourth-order valence-electron chi connectivity index (χ4n) is 2.79. The molecule has 1 aliphatic heterocycles. The van der Waals surface area contributed by atoms with Crippen molar-refractivity contribution in [3.05, 3.63) is 28.7 Å². The largest absolute Gasteiger partial charge is 0.378 e. The third kappa shape index (κ3) is 3.94. The first-order valence-corrected chi connectivity index (χ1v) is 7.93. The summed E-state index contributed by atoms with van der Waals surface area (Å²) < 4.78 is 1.11. The third-order valence-corrected chi connectivity index (χ3v) is 4.66. The van der Waals surface area contributed by atoms with Crippen LogP contribution in [-0.2, 0) is 0 Å². The van der Waals surface area contributed by atoms with Crippen molar-refractivity contribution in [2.45, 2.75) is 31.7 Å². The van der Waals surface area contributed by atoms with Crippen LogP contribution < -0.4 is 11.1 Å². The maximum Gasteiger partial charge on any atom is 0.0508 e. The quantitative estimate of drug-likeness (QED) is 0.893. The molecule has 3 N–H and O–H groups in total. The van der Waals surface area contributed by atoms with E-state index in [2.05, 4.69) is 57.3 Å². The van der Waals surface area contributed by atoms with E-state index in [0.29, 0.717) is 6.54 Å². The lowest BCUT2D eigenvalue weighted by molar-refractivity contribution is 0.293. The third-order valence-electron chi connectivity index (χ3n) is 4.13. The standard InChI is InChI=1S/C15H24BrN3/c1-2-19-10-3-8-15(12-17,9-11-19)18-14-6-4-13(16)5-7-14/h4-7,18H,2-3,8-12,17H2,1H3. The topological polar surface area (TPSA) is 41.3 Å². The number of halogens is 1. The number of nitrogens with one attached hydrogen (secondary N) is 1. The summed E-state index contributed by atoms with van der Waals surface area (Å²) in [6.07, 6.45) is 3.48. The molecule has 0 aliphatic carbocycles. The minimum absolute atomic E-state index is 0.0533. The number of nitrogens with two attached hydrogens (primary N) is 1. The molecule has 0 bridgehead atoms. The number of hydrogen-bond acceptors (Lipinski definition) is 3. The average molecular weight is 326 g/mol. The fraction of sp³-hybridized carbons (Fsp3) is 0.600. The van der Waals surface area contributed by atoms with Crippen LogP contribution in [0.15, 0.2) is 28.7 Å². The predicted octanol–water partition coefficient (Wildman–Crippen LogP) is 3.06. The van der Waals surface area contributed by atoms with E-state index in [1.807, 2.05) is 0 Å². The van der Waals surface area contributed by atoms with E-state index in [1.54, 1.807) is 0 Å². The van der Waals surface area contributed by atoms with Crippen LogP contribution in [0.5, 0.6) is 0 Å². The van der Waals surface area contributed by atoms with Crippen molar-refractivity contribution < 1.29 is 0 Å². The van der Waals surface area contributed by atoms with Gasteiger partial charge in [-0.1, -0.05) is 22.9 Å². The maximum absolute atomic E-state index is 6.08. The molecule has 2 rings (SSSR count). The molecule has 0 saturated carbocycles. The zero-order valence-corrected chi connectivity index (χ0v) is 13.2. The lowest BCUT2D eigenvalue weighted by atomic mass is 9.90. The summed E-state index contributed by atoms with van der Waals surface area (Å²) >= 11 is 3.47. The van der Waals surface area contributed by atoms with E-state index in [0.717, 1.165) is 30.4 Å². The number of hydrogen-bond donors (Lipinski definition) is 2. The lowest BCUT2D eigenvalue weighted by Crippen LogP contribution is -2.46. The van der Waals surface area contributed by atoms with E-state index in [1.165, 1.54) is 18.7 Å². The molecule has 1 atom stereocenters. The van der Waals surface area contributed by atoms with Crippen LogP contribution in [0.1, 0.15) is 26.2 Å². The van der Waals surface area contributed by atoms with Gasteiger partial charge in [-0.15, -0.1) is 0 Å². The van der Waals surface area contributed by atoms with Crippen LogP contribution in [0.4, 0.5) is 5.69 Å². The van der Waals surface area contributed by atoms with Crippen molar-refractivity contribution in [1.29, 1.82) is 0 Å². The molecule has 1 heterocycles. The van der Waals surface area contributed by atoms with E-state index < -0.39 is 0 Å². The van der Waals surface area contributed by atoms with Gasteiger partial charge in [-0.2, -0.15) is 0 Å². The van der Waals surface area contributed by atoms with Crippen molar-refractivity contribution in [1.82, 2.24) is 4.90 Å². The highest BCUT2D eigenvalue weighted by molar-refractivity contribution is 9.10. The summed E-state index contributed by atoms with van der Waals surface area (Å²) in [5.74, 6) is 0. The molecule has 1 saturated heterocycles. The Hall–Kier alpha value is -0.580. The van der Waals surface area contributed by atoms with Crippen molar-refractivity contribution in [2.24, 2.45) is 5.73 Å². The van der Waals surface area contributed by atoms with E-state index in [4.69, 9.17) is 5.73 Å². The molecule has 1 aliphatic rings. The molecule has 0 spiro atoms. The summed E-state index contributed by atoms with van der Waals surface area (Å²) in [5, 5.41) is 3.68. The summed E-state index contributed by atoms with van der Waals surface area (Å²) in [5.41, 5.74) is 7.30. The Morgan fingerprint density at radius 2 is 2.00 bits per heavy atom. The first-order valence-electron chi connectivity index (χ1n) is 7.14. The fourth-order valence-corrected chi connectivity index (χ4v) is 3.05. The molecule has 106 valence electrons. The smallest absolute Gasteiger partial charge is 0.0508 e. The Labute approximate surface area is 124 Å². The van der Waals surface area contributed by atoms with Crippen molar-refractivity contribution in [3.63, 3.8) is 0 Å². The van der Waals surface area contributed by atoms with Gasteiger partial charge in [0.15, 0.2) is 0 Å². The molecule has 0 aromatic heterocycles. The molecule has 3 nitrogen and oxygen atoms in total. The molecule has 1 fully saturated rings. The highest BCUT2D eigenvalue weighted by Crippen LogP contribution is 2.27. The summed E-state index contributed by atoms with van der Waals surface area (Å²) in [6.45, 7) is 6.40. The molecule has 1 aromatic rings. The SMILES string of the molecule is CCN1CCCC(CN)(Nc2ccc(Br)cc2)CC1. The number of likely N-dealkylation sites (tertiary alicyclic amines) is 1. The molecule has 4 heteroatoms. The molecular formula is C15H24BrN3. The second-order valence-electron chi connectivity index (χ2n) is 5.40. The Morgan fingerprint density at radius 3 is 2.63 bits per heavy atom. The van der Waals surface area contributed by atoms with Crippen LogP contribution in [0.2, 0.25) is 0 Å². The molecule has 19 heavy (non-hydrogen) atoms. The molecule has 0 radical (unpaired) electrons. The maximum atomic E-state index is 6.08. The Bertz CT molecular complexity index is 393. The van der Waals surface area contributed by atoms with Crippen molar-refractivity contribution in [3.8, 4) is 0 Å². The first kappa shape index (κ1) is 14.8. The zero-order valence-electron chi connectivity index (χ0n) is 11.7. The Morgan fingerprint density at radius 1 is 1.26 bits per heavy atom. The van der Waals surface area contributed by atoms with Gasteiger partial charge in [-0.3, -0.25) is 0 Å². The zero-order chi connectivity index (χ0) is 13.7. The van der Waals surface area contributed by atoms with Crippen LogP contribution in [0.3, 0.4) is 0 Å². The van der Waals surface area contributed by atoms with Gasteiger partial charge < -0.3 is 16.0 Å². The predicted molar refractivity (Wildman–Crippen MR) is 85.5 cm³/mol. The van der Waals surface area contributed by atoms with Gasteiger partial charge in [-0.25, -0.2) is 0 Å². The van der Waals surface area contributed by atoms with E-state index in [-0.39, 0.29) is 5.54 Å². The van der Waals surface area contributed by atoms with Crippen LogP contribution in [0.25, 0.3) is 0 Å². The van der Waals surface area contributed by atoms with Crippen molar-refractivity contribution in [2.75, 3.05) is 31.5 Å². The molecule has 0 amide bonds. The number of anilines is 1. The van der Waals surface area contributed by atoms with E-state index in [9.17, 15) is 0 Å². The van der Waals surface area contributed by atoms with Crippen LogP contribution >= 0.6 is 15.9 Å². The van der Waals surface area contributed by atoms with Crippen LogP contribution in [-0.4, -0.2) is 36.6 Å². The minimum Gasteiger partial charge on any atom is -0.378 e. The number of nitrogens with zero attached hydrogens (tertiary/aromatic N) is 1. The highest BCUT2D eigenvalue weighted by Gasteiger charge is 2.30. The Kier molecular flexibility index (Phi) is 5.25. The summed E-state index contributed by atoms with van der Waals surface area (Å²) in [6, 6.07) is 8.37. The summed E-state index contributed by atoms with van der Waals surface area (Å²) in [7, 11) is 0. The van der Waals surface area contributed by atoms with Gasteiger partial charge >= 0.3 is 0 Å². The van der Waals surface area contributed by atoms with Gasteiger partial charge in [0, 0.05) is 23.2 Å². The first-order chi connectivity index (χ1) is 9.17. The Balaban J connectivity index is 2.07. The van der Waals surface area contributed by atoms with Crippen LogP contribution in [0, 0.1) is 0 Å². The minimum atomic E-state index is 0.0533. The highest BCUT2D eigenvalue weighted by atomic mass is 79.9. The summed E-state index contributed by atoms with van der Waals surface area (Å²) in [4.78, 5) is 2.51. The number of rotatable bonds is 4. The normalized spacial score (nSPS) is 25.0. The second kappa shape index (κ2) is 6.73. The van der Waals surface area contributed by atoms with Gasteiger partial charge in [0.2, 0.25) is 0 Å². The average Bonchev–Trinajstić information content (AvgIpc) is 2.64. The lowest BCUT2D eigenvalue weighted by Gasteiger charge is -2.34. The van der Waals surface area contributed by atoms with Gasteiger partial charge in [0.05, 0.1) is 5.54 Å². The monoisotopic (exact) mass is 325 g/mol. The van der Waals surface area contributed by atoms with Gasteiger partial charge in [-0.05, 0) is 56.6 Å². The molecule has 1 aromatic carbocycles. The van der Waals surface area contributed by atoms with Crippen molar-refractivity contribution >= 4 is 21.6 Å². The van der Waals surface area contributed by atoms with Gasteiger partial charge in [0.1, 0.15) is 0 Å². The van der Waals surface area contributed by atoms with E-state index >= 15 is 0 Å².